The van der Waals surface area contributed by atoms with Gasteiger partial charge in [0, 0.05) is 25.2 Å². The van der Waals surface area contributed by atoms with Gasteiger partial charge in [0.1, 0.15) is 0 Å². The highest BCUT2D eigenvalue weighted by Crippen LogP contribution is 2.36. The Bertz CT molecular complexity index is 515. The van der Waals surface area contributed by atoms with Crippen LogP contribution in [-0.2, 0) is 19.8 Å². The van der Waals surface area contributed by atoms with Gasteiger partial charge < -0.3 is 5.11 Å². The molecule has 1 saturated heterocycles. The molecule has 2 heterocycles. The van der Waals surface area contributed by atoms with Gasteiger partial charge in [0.05, 0.1) is 5.41 Å². The van der Waals surface area contributed by atoms with Crippen molar-refractivity contribution in [3.63, 3.8) is 0 Å². The summed E-state index contributed by atoms with van der Waals surface area (Å²) in [7, 11) is 0. The fourth-order valence-corrected chi connectivity index (χ4v) is 2.40. The number of carboxylic acids is 1. The van der Waals surface area contributed by atoms with Crippen molar-refractivity contribution < 1.29 is 19.5 Å². The Morgan fingerprint density at radius 3 is 2.63 bits per heavy atom. The third kappa shape index (κ3) is 2.62. The second kappa shape index (κ2) is 5.17. The highest BCUT2D eigenvalue weighted by molar-refractivity contribution is 6.03. The van der Waals surface area contributed by atoms with E-state index in [0.717, 1.165) is 0 Å². The van der Waals surface area contributed by atoms with Crippen LogP contribution in [0.1, 0.15) is 31.2 Å². The molecular formula is C13H14N2O4. The Labute approximate surface area is 109 Å². The molecule has 0 aliphatic carbocycles. The van der Waals surface area contributed by atoms with Crippen LogP contribution in [0.5, 0.6) is 0 Å². The molecule has 19 heavy (non-hydrogen) atoms. The van der Waals surface area contributed by atoms with Crippen molar-refractivity contribution in [2.45, 2.75) is 31.1 Å². The van der Waals surface area contributed by atoms with E-state index in [9.17, 15) is 14.4 Å². The van der Waals surface area contributed by atoms with Crippen LogP contribution < -0.4 is 5.32 Å². The average molecular weight is 262 g/mol. The van der Waals surface area contributed by atoms with Gasteiger partial charge in [-0.05, 0) is 30.5 Å². The molecule has 2 rings (SSSR count). The summed E-state index contributed by atoms with van der Waals surface area (Å²) in [5.74, 6) is -1.70. The van der Waals surface area contributed by atoms with Crippen molar-refractivity contribution >= 4 is 17.8 Å². The van der Waals surface area contributed by atoms with Crippen LogP contribution in [0.2, 0.25) is 0 Å². The fourth-order valence-electron chi connectivity index (χ4n) is 2.40. The maximum atomic E-state index is 12.2. The Balaban J connectivity index is 2.35. The van der Waals surface area contributed by atoms with E-state index in [4.69, 9.17) is 5.11 Å². The van der Waals surface area contributed by atoms with Gasteiger partial charge in [0.25, 0.3) is 0 Å². The van der Waals surface area contributed by atoms with Crippen molar-refractivity contribution in [2.24, 2.45) is 0 Å². The first-order valence-corrected chi connectivity index (χ1v) is 6.01. The molecule has 0 radical (unpaired) electrons. The average Bonchev–Trinajstić information content (AvgIpc) is 2.39. The minimum atomic E-state index is -0.960. The molecule has 1 aromatic rings. The smallest absolute Gasteiger partial charge is 0.303 e. The third-order valence-corrected chi connectivity index (χ3v) is 3.46. The van der Waals surface area contributed by atoms with Crippen molar-refractivity contribution in [1.29, 1.82) is 0 Å². The maximum absolute atomic E-state index is 12.2. The largest absolute Gasteiger partial charge is 0.481 e. The summed E-state index contributed by atoms with van der Waals surface area (Å²) in [6.45, 7) is 0. The van der Waals surface area contributed by atoms with Gasteiger partial charge in [-0.3, -0.25) is 24.7 Å². The van der Waals surface area contributed by atoms with Crippen LogP contribution in [0.15, 0.2) is 24.5 Å². The number of nitrogens with one attached hydrogen (secondary N) is 1. The minimum absolute atomic E-state index is 0.121. The molecule has 1 aliphatic heterocycles. The first-order chi connectivity index (χ1) is 9.04. The van der Waals surface area contributed by atoms with E-state index in [2.05, 4.69) is 10.3 Å². The number of nitrogens with zero attached hydrogens (tertiary/aromatic N) is 1. The molecular weight excluding hydrogens is 248 g/mol. The Kier molecular flexibility index (Phi) is 3.59. The van der Waals surface area contributed by atoms with Gasteiger partial charge in [-0.15, -0.1) is 0 Å². The summed E-state index contributed by atoms with van der Waals surface area (Å²) in [5.41, 5.74) is -0.247. The van der Waals surface area contributed by atoms with Gasteiger partial charge in [-0.1, -0.05) is 0 Å². The number of pyridine rings is 1. The monoisotopic (exact) mass is 262 g/mol. The summed E-state index contributed by atoms with van der Waals surface area (Å²) in [6.07, 6.45) is 3.71. The summed E-state index contributed by atoms with van der Waals surface area (Å²) in [5, 5.41) is 11.1. The zero-order valence-electron chi connectivity index (χ0n) is 10.3. The lowest BCUT2D eigenvalue weighted by molar-refractivity contribution is -0.139. The van der Waals surface area contributed by atoms with Crippen molar-refractivity contribution in [1.82, 2.24) is 10.3 Å². The van der Waals surface area contributed by atoms with Gasteiger partial charge in [0.15, 0.2) is 0 Å². The van der Waals surface area contributed by atoms with Crippen LogP contribution in [0.3, 0.4) is 0 Å². The number of hydrogen-bond acceptors (Lipinski definition) is 4. The molecule has 1 fully saturated rings. The van der Waals surface area contributed by atoms with Crippen molar-refractivity contribution in [2.75, 3.05) is 0 Å². The maximum Gasteiger partial charge on any atom is 0.303 e. The quantitative estimate of drug-likeness (QED) is 0.775. The molecule has 0 aromatic carbocycles. The Morgan fingerprint density at radius 2 is 2.05 bits per heavy atom. The second-order valence-corrected chi connectivity index (χ2v) is 4.59. The predicted octanol–water partition coefficient (Wildman–Crippen LogP) is 0.621. The van der Waals surface area contributed by atoms with E-state index in [1.807, 2.05) is 0 Å². The fraction of sp³-hybridized carbons (Fsp3) is 0.385. The SMILES string of the molecule is O=C(O)CCC1(c2ccncc2)CCC(=O)NC1=O. The molecule has 0 bridgehead atoms. The van der Waals surface area contributed by atoms with Gasteiger partial charge in [0.2, 0.25) is 11.8 Å². The Hall–Kier alpha value is -2.24. The minimum Gasteiger partial charge on any atom is -0.481 e. The van der Waals surface area contributed by atoms with Crippen LogP contribution in [0, 0.1) is 0 Å². The molecule has 2 amide bonds. The number of rotatable bonds is 4. The molecule has 1 aliphatic rings. The van der Waals surface area contributed by atoms with Crippen molar-refractivity contribution in [3.8, 4) is 0 Å². The highest BCUT2D eigenvalue weighted by atomic mass is 16.4. The molecule has 6 heteroatoms. The molecule has 1 unspecified atom stereocenters. The molecule has 0 spiro atoms. The first kappa shape index (κ1) is 13.2. The molecule has 1 aromatic heterocycles. The van der Waals surface area contributed by atoms with E-state index in [0.29, 0.717) is 12.0 Å². The number of piperidine rings is 1. The number of carbonyl (C=O) groups excluding carboxylic acids is 2. The summed E-state index contributed by atoms with van der Waals surface area (Å²) < 4.78 is 0. The van der Waals surface area contributed by atoms with E-state index in [1.54, 1.807) is 24.5 Å². The number of carboxylic acid groups (broad SMARTS) is 1. The van der Waals surface area contributed by atoms with Crippen LogP contribution in [0.25, 0.3) is 0 Å². The molecule has 2 N–H and O–H groups in total. The zero-order valence-corrected chi connectivity index (χ0v) is 10.3. The molecule has 100 valence electrons. The predicted molar refractivity (Wildman–Crippen MR) is 65.2 cm³/mol. The summed E-state index contributed by atoms with van der Waals surface area (Å²) in [6, 6.07) is 3.38. The summed E-state index contributed by atoms with van der Waals surface area (Å²) in [4.78, 5) is 38.1. The van der Waals surface area contributed by atoms with E-state index >= 15 is 0 Å². The normalized spacial score (nSPS) is 22.9. The molecule has 0 saturated carbocycles. The lowest BCUT2D eigenvalue weighted by Crippen LogP contribution is -2.51. The van der Waals surface area contributed by atoms with Gasteiger partial charge in [-0.2, -0.15) is 0 Å². The number of hydrogen-bond donors (Lipinski definition) is 2. The Morgan fingerprint density at radius 1 is 1.37 bits per heavy atom. The second-order valence-electron chi connectivity index (χ2n) is 4.59. The van der Waals surface area contributed by atoms with Gasteiger partial charge >= 0.3 is 5.97 Å². The van der Waals surface area contributed by atoms with Crippen LogP contribution >= 0.6 is 0 Å². The number of imide groups is 1. The summed E-state index contributed by atoms with van der Waals surface area (Å²) >= 11 is 0. The number of amides is 2. The first-order valence-electron chi connectivity index (χ1n) is 6.01. The molecule has 1 atom stereocenters. The van der Waals surface area contributed by atoms with Crippen LogP contribution in [-0.4, -0.2) is 27.9 Å². The number of carbonyl (C=O) groups is 3. The van der Waals surface area contributed by atoms with Crippen LogP contribution in [0.4, 0.5) is 0 Å². The van der Waals surface area contributed by atoms with E-state index in [-0.39, 0.29) is 25.2 Å². The van der Waals surface area contributed by atoms with Gasteiger partial charge in [-0.25, -0.2) is 0 Å². The third-order valence-electron chi connectivity index (χ3n) is 3.46. The highest BCUT2D eigenvalue weighted by Gasteiger charge is 2.44. The standard InChI is InChI=1S/C13H14N2O4/c16-10-1-5-13(12(19)15-10,6-2-11(17)18)9-3-7-14-8-4-9/h3-4,7-8H,1-2,5-6H2,(H,17,18)(H,15,16,19). The lowest BCUT2D eigenvalue weighted by atomic mass is 9.71. The number of aliphatic carboxylic acids is 1. The zero-order chi connectivity index (χ0) is 13.9. The van der Waals surface area contributed by atoms with Crippen molar-refractivity contribution in [3.05, 3.63) is 30.1 Å². The lowest BCUT2D eigenvalue weighted by Gasteiger charge is -2.35. The molecule has 6 nitrogen and oxygen atoms in total. The van der Waals surface area contributed by atoms with E-state index < -0.39 is 17.3 Å². The van der Waals surface area contributed by atoms with E-state index in [1.165, 1.54) is 0 Å². The topological polar surface area (TPSA) is 96.4 Å². The number of aromatic nitrogens is 1.